The molecule has 0 heterocycles. The summed E-state index contributed by atoms with van der Waals surface area (Å²) in [6.07, 6.45) is 0. The number of ether oxygens (including phenoxy) is 1. The lowest BCUT2D eigenvalue weighted by atomic mass is 10.2. The number of hydrogen-bond acceptors (Lipinski definition) is 4. The van der Waals surface area contributed by atoms with Gasteiger partial charge in [-0.15, -0.1) is 0 Å². The fourth-order valence-electron chi connectivity index (χ4n) is 3.70. The van der Waals surface area contributed by atoms with E-state index < -0.39 is 15.9 Å². The van der Waals surface area contributed by atoms with Crippen LogP contribution in [0.25, 0.3) is 0 Å². The van der Waals surface area contributed by atoms with E-state index in [4.69, 9.17) is 4.74 Å². The van der Waals surface area contributed by atoms with Crippen molar-refractivity contribution in [2.24, 2.45) is 0 Å². The SMILES string of the molecule is Cc1ccccc1N(CC(=O)NCc1ccc(OCc2ccc(F)cc2)cc1)S(=O)(=O)c1ccccc1. The Morgan fingerprint density at radius 2 is 1.46 bits per heavy atom. The number of sulfonamides is 1. The van der Waals surface area contributed by atoms with Crippen LogP contribution >= 0.6 is 0 Å². The lowest BCUT2D eigenvalue weighted by molar-refractivity contribution is -0.119. The van der Waals surface area contributed by atoms with Gasteiger partial charge in [-0.1, -0.05) is 60.7 Å². The highest BCUT2D eigenvalue weighted by molar-refractivity contribution is 7.92. The molecule has 0 aromatic heterocycles. The molecule has 0 aliphatic rings. The maximum atomic E-state index is 13.4. The predicted molar refractivity (Wildman–Crippen MR) is 141 cm³/mol. The van der Waals surface area contributed by atoms with Crippen molar-refractivity contribution < 1.29 is 22.3 Å². The number of carbonyl (C=O) groups is 1. The summed E-state index contributed by atoms with van der Waals surface area (Å²) in [4.78, 5) is 13.0. The highest BCUT2D eigenvalue weighted by Gasteiger charge is 2.27. The molecule has 4 aromatic carbocycles. The second-order valence-electron chi connectivity index (χ2n) is 8.45. The number of para-hydroxylation sites is 1. The van der Waals surface area contributed by atoms with Gasteiger partial charge in [0.1, 0.15) is 24.7 Å². The van der Waals surface area contributed by atoms with Crippen molar-refractivity contribution in [2.75, 3.05) is 10.8 Å². The average Bonchev–Trinajstić information content (AvgIpc) is 2.92. The summed E-state index contributed by atoms with van der Waals surface area (Å²) in [5, 5.41) is 2.80. The summed E-state index contributed by atoms with van der Waals surface area (Å²) in [7, 11) is -3.96. The topological polar surface area (TPSA) is 75.7 Å². The Hall–Kier alpha value is -4.17. The van der Waals surface area contributed by atoms with Crippen molar-refractivity contribution in [1.82, 2.24) is 5.32 Å². The van der Waals surface area contributed by atoms with E-state index in [1.807, 2.05) is 18.2 Å². The van der Waals surface area contributed by atoms with E-state index in [0.29, 0.717) is 18.0 Å². The zero-order chi connectivity index (χ0) is 26.3. The van der Waals surface area contributed by atoms with Gasteiger partial charge in [0.15, 0.2) is 0 Å². The maximum absolute atomic E-state index is 13.4. The number of rotatable bonds is 10. The smallest absolute Gasteiger partial charge is 0.264 e. The third-order valence-corrected chi connectivity index (χ3v) is 7.51. The van der Waals surface area contributed by atoms with Gasteiger partial charge in [0, 0.05) is 6.54 Å². The van der Waals surface area contributed by atoms with E-state index in [2.05, 4.69) is 5.32 Å². The number of carbonyl (C=O) groups excluding carboxylic acids is 1. The summed E-state index contributed by atoms with van der Waals surface area (Å²) in [6, 6.07) is 28.4. The van der Waals surface area contributed by atoms with Gasteiger partial charge in [-0.05, 0) is 66.1 Å². The maximum Gasteiger partial charge on any atom is 0.264 e. The number of aryl methyl sites for hydroxylation is 1. The second-order valence-corrected chi connectivity index (χ2v) is 10.3. The molecule has 37 heavy (non-hydrogen) atoms. The molecule has 4 aromatic rings. The molecule has 0 fully saturated rings. The molecule has 0 bridgehead atoms. The molecule has 0 unspecified atom stereocenters. The zero-order valence-electron chi connectivity index (χ0n) is 20.3. The molecule has 4 rings (SSSR count). The van der Waals surface area contributed by atoms with Gasteiger partial charge < -0.3 is 10.1 Å². The lowest BCUT2D eigenvalue weighted by Crippen LogP contribution is -2.41. The Balaban J connectivity index is 1.40. The van der Waals surface area contributed by atoms with Crippen LogP contribution in [-0.4, -0.2) is 20.9 Å². The molecule has 1 amide bonds. The summed E-state index contributed by atoms with van der Waals surface area (Å²) in [6.45, 7) is 1.98. The normalized spacial score (nSPS) is 11.1. The second kappa shape index (κ2) is 11.7. The summed E-state index contributed by atoms with van der Waals surface area (Å²) in [5.74, 6) is -0.0895. The molecule has 1 N–H and O–H groups in total. The third-order valence-electron chi connectivity index (χ3n) is 5.73. The van der Waals surface area contributed by atoms with Crippen molar-refractivity contribution in [1.29, 1.82) is 0 Å². The molecule has 8 heteroatoms. The van der Waals surface area contributed by atoms with Crippen molar-refractivity contribution in [2.45, 2.75) is 25.0 Å². The molecule has 6 nitrogen and oxygen atoms in total. The van der Waals surface area contributed by atoms with Crippen LogP contribution in [0, 0.1) is 12.7 Å². The standard InChI is InChI=1S/C29H27FN2O4S/c1-22-7-5-6-10-28(22)32(37(34,35)27-8-3-2-4-9-27)20-29(33)31-19-23-13-17-26(18-14-23)36-21-24-11-15-25(30)16-12-24/h2-18H,19-21H2,1H3,(H,31,33). The van der Waals surface area contributed by atoms with E-state index in [1.165, 1.54) is 24.3 Å². The minimum absolute atomic E-state index is 0.113. The first-order valence-corrected chi connectivity index (χ1v) is 13.1. The predicted octanol–water partition coefficient (Wildman–Crippen LogP) is 5.22. The number of nitrogens with one attached hydrogen (secondary N) is 1. The Bertz CT molecular complexity index is 1440. The number of hydrogen-bond donors (Lipinski definition) is 1. The quantitative estimate of drug-likeness (QED) is 0.312. The number of anilines is 1. The van der Waals surface area contributed by atoms with Gasteiger partial charge in [0.2, 0.25) is 5.91 Å². The van der Waals surface area contributed by atoms with Gasteiger partial charge >= 0.3 is 0 Å². The number of benzene rings is 4. The van der Waals surface area contributed by atoms with Crippen LogP contribution in [0.2, 0.25) is 0 Å². The first-order valence-electron chi connectivity index (χ1n) is 11.7. The highest BCUT2D eigenvalue weighted by Crippen LogP contribution is 2.26. The molecule has 0 atom stereocenters. The summed E-state index contributed by atoms with van der Waals surface area (Å²) >= 11 is 0. The van der Waals surface area contributed by atoms with Crippen LogP contribution in [0.3, 0.4) is 0 Å². The Kier molecular flexibility index (Phi) is 8.20. The summed E-state index contributed by atoms with van der Waals surface area (Å²) in [5.41, 5.74) is 2.87. The van der Waals surface area contributed by atoms with E-state index in [9.17, 15) is 17.6 Å². The number of nitrogens with zero attached hydrogens (tertiary/aromatic N) is 1. The number of amides is 1. The van der Waals surface area contributed by atoms with Gasteiger partial charge in [0.25, 0.3) is 10.0 Å². The molecule has 0 radical (unpaired) electrons. The minimum atomic E-state index is -3.96. The molecule has 0 saturated heterocycles. The van der Waals surface area contributed by atoms with E-state index >= 15 is 0 Å². The fraction of sp³-hybridized carbons (Fsp3) is 0.138. The first kappa shape index (κ1) is 25.9. The first-order chi connectivity index (χ1) is 17.8. The number of halogens is 1. The van der Waals surface area contributed by atoms with E-state index in [1.54, 1.807) is 67.6 Å². The molecule has 0 aliphatic carbocycles. The monoisotopic (exact) mass is 518 g/mol. The van der Waals surface area contributed by atoms with Crippen LogP contribution in [0.15, 0.2) is 108 Å². The van der Waals surface area contributed by atoms with Crippen molar-refractivity contribution >= 4 is 21.6 Å². The van der Waals surface area contributed by atoms with Crippen LogP contribution in [-0.2, 0) is 28.0 Å². The van der Waals surface area contributed by atoms with Gasteiger partial charge in [0.05, 0.1) is 10.6 Å². The lowest BCUT2D eigenvalue weighted by Gasteiger charge is -2.25. The molecule has 190 valence electrons. The van der Waals surface area contributed by atoms with Crippen LogP contribution in [0.5, 0.6) is 5.75 Å². The largest absolute Gasteiger partial charge is 0.489 e. The van der Waals surface area contributed by atoms with Gasteiger partial charge in [-0.25, -0.2) is 12.8 Å². The van der Waals surface area contributed by atoms with Gasteiger partial charge in [-0.2, -0.15) is 0 Å². The van der Waals surface area contributed by atoms with E-state index in [0.717, 1.165) is 21.0 Å². The average molecular weight is 519 g/mol. The highest BCUT2D eigenvalue weighted by atomic mass is 32.2. The molecular weight excluding hydrogens is 491 g/mol. The Morgan fingerprint density at radius 3 is 2.14 bits per heavy atom. The Labute approximate surface area is 216 Å². The van der Waals surface area contributed by atoms with Crippen molar-refractivity contribution in [3.63, 3.8) is 0 Å². The third kappa shape index (κ3) is 6.74. The molecule has 0 saturated carbocycles. The molecule has 0 spiro atoms. The molecular formula is C29H27FN2O4S. The summed E-state index contributed by atoms with van der Waals surface area (Å²) < 4.78 is 46.7. The van der Waals surface area contributed by atoms with Crippen molar-refractivity contribution in [3.8, 4) is 5.75 Å². The van der Waals surface area contributed by atoms with Crippen LogP contribution in [0.1, 0.15) is 16.7 Å². The molecule has 0 aliphatic heterocycles. The van der Waals surface area contributed by atoms with Crippen molar-refractivity contribution in [3.05, 3.63) is 126 Å². The van der Waals surface area contributed by atoms with Crippen LogP contribution < -0.4 is 14.4 Å². The fourth-order valence-corrected chi connectivity index (χ4v) is 5.21. The minimum Gasteiger partial charge on any atom is -0.489 e. The van der Waals surface area contributed by atoms with Crippen LogP contribution in [0.4, 0.5) is 10.1 Å². The van der Waals surface area contributed by atoms with E-state index in [-0.39, 0.29) is 23.8 Å². The van der Waals surface area contributed by atoms with Gasteiger partial charge in [-0.3, -0.25) is 9.10 Å². The zero-order valence-corrected chi connectivity index (χ0v) is 21.1. The Morgan fingerprint density at radius 1 is 0.838 bits per heavy atom.